The number of likely N-dealkylation sites (tertiary alicyclic amines) is 1. The molecule has 0 aliphatic carbocycles. The van der Waals surface area contributed by atoms with Crippen LogP contribution in [0.1, 0.15) is 31.0 Å². The number of amides is 1. The summed E-state index contributed by atoms with van der Waals surface area (Å²) in [5.41, 5.74) is 1.31. The Bertz CT molecular complexity index is 1410. The molecule has 1 heterocycles. The van der Waals surface area contributed by atoms with Gasteiger partial charge in [0.15, 0.2) is 0 Å². The molecule has 3 aromatic rings. The molecule has 4 unspecified atom stereocenters. The van der Waals surface area contributed by atoms with Crippen molar-refractivity contribution in [3.05, 3.63) is 99.5 Å². The maximum Gasteiger partial charge on any atom is 0.239 e. The molecule has 7 nitrogen and oxygen atoms in total. The van der Waals surface area contributed by atoms with E-state index in [1.807, 2.05) is 0 Å². The molecule has 4 rings (SSSR count). The average Bonchev–Trinajstić information content (AvgIpc) is 2.83. The molecule has 1 saturated heterocycles. The van der Waals surface area contributed by atoms with E-state index in [-0.39, 0.29) is 12.2 Å². The van der Waals surface area contributed by atoms with Crippen LogP contribution in [-0.4, -0.2) is 61.4 Å². The minimum Gasteiger partial charge on any atom is -0.391 e. The normalized spacial score (nSPS) is 19.1. The number of aliphatic hydroxyl groups excluding tert-OH is 1. The van der Waals surface area contributed by atoms with Gasteiger partial charge in [-0.05, 0) is 61.4 Å². The third-order valence-corrected chi connectivity index (χ3v) is 8.65. The lowest BCUT2D eigenvalue weighted by molar-refractivity contribution is -0.134. The molecule has 214 valence electrons. The van der Waals surface area contributed by atoms with Crippen molar-refractivity contribution >= 4 is 44.8 Å². The third kappa shape index (κ3) is 6.58. The molecule has 1 fully saturated rings. The van der Waals surface area contributed by atoms with Gasteiger partial charge < -0.3 is 10.4 Å². The number of nitrogens with zero attached hydrogens (tertiary/aromatic N) is 2. The van der Waals surface area contributed by atoms with Crippen LogP contribution in [0.25, 0.3) is 0 Å². The zero-order chi connectivity index (χ0) is 29.4. The molecular formula is C28H29Cl2F2N3O4S. The van der Waals surface area contributed by atoms with E-state index in [4.69, 9.17) is 23.2 Å². The summed E-state index contributed by atoms with van der Waals surface area (Å²) >= 11 is 12.3. The fourth-order valence-electron chi connectivity index (χ4n) is 4.90. The summed E-state index contributed by atoms with van der Waals surface area (Å²) in [5.74, 6) is -2.46. The summed E-state index contributed by atoms with van der Waals surface area (Å²) in [4.78, 5) is 15.6. The number of aliphatic hydroxyl groups is 1. The summed E-state index contributed by atoms with van der Waals surface area (Å²) in [5, 5.41) is 13.8. The lowest BCUT2D eigenvalue weighted by Crippen LogP contribution is -2.73. The highest BCUT2D eigenvalue weighted by atomic mass is 35.5. The van der Waals surface area contributed by atoms with Gasteiger partial charge in [-0.15, -0.1) is 0 Å². The van der Waals surface area contributed by atoms with Gasteiger partial charge in [0, 0.05) is 22.7 Å². The molecule has 4 atom stereocenters. The molecule has 1 amide bonds. The highest BCUT2D eigenvalue weighted by Gasteiger charge is 2.53. The molecule has 2 N–H and O–H groups in total. The van der Waals surface area contributed by atoms with E-state index in [9.17, 15) is 27.1 Å². The Balaban J connectivity index is 1.84. The summed E-state index contributed by atoms with van der Waals surface area (Å²) < 4.78 is 55.3. The van der Waals surface area contributed by atoms with Gasteiger partial charge in [-0.3, -0.25) is 14.0 Å². The van der Waals surface area contributed by atoms with E-state index in [0.29, 0.717) is 16.1 Å². The van der Waals surface area contributed by atoms with E-state index in [1.54, 1.807) is 60.4 Å². The molecule has 0 aromatic heterocycles. The van der Waals surface area contributed by atoms with Crippen molar-refractivity contribution in [2.75, 3.05) is 17.1 Å². The number of rotatable bonds is 9. The number of benzene rings is 3. The van der Waals surface area contributed by atoms with Crippen LogP contribution in [0.2, 0.25) is 10.0 Å². The predicted octanol–water partition coefficient (Wildman–Crippen LogP) is 4.77. The standard InChI is InChI=1S/C28H29Cl2F2N3O4S/c1-16(17(2)36)33-28(37)27-25(35(40(3,38)39)24-13-22(31)12-23(32)14-24)15-34(27)26(18-4-8-20(29)9-5-18)19-6-10-21(30)11-7-19/h4-14,16-17,25-27,36H,15H2,1-3H3,(H,33,37). The van der Waals surface area contributed by atoms with Crippen molar-refractivity contribution < 1.29 is 27.1 Å². The second-order valence-electron chi connectivity index (χ2n) is 9.94. The highest BCUT2D eigenvalue weighted by molar-refractivity contribution is 7.92. The fourth-order valence-corrected chi connectivity index (χ4v) is 6.31. The number of anilines is 1. The molecule has 12 heteroatoms. The summed E-state index contributed by atoms with van der Waals surface area (Å²) in [6.45, 7) is 3.18. The number of carbonyl (C=O) groups is 1. The van der Waals surface area contributed by atoms with Gasteiger partial charge in [0.25, 0.3) is 0 Å². The average molecular weight is 613 g/mol. The zero-order valence-electron chi connectivity index (χ0n) is 21.9. The summed E-state index contributed by atoms with van der Waals surface area (Å²) in [6.07, 6.45) is 0.0319. The van der Waals surface area contributed by atoms with Crippen LogP contribution in [-0.2, 0) is 14.8 Å². The van der Waals surface area contributed by atoms with Crippen LogP contribution in [0.4, 0.5) is 14.5 Å². The van der Waals surface area contributed by atoms with Gasteiger partial charge in [-0.1, -0.05) is 47.5 Å². The zero-order valence-corrected chi connectivity index (χ0v) is 24.3. The first kappa shape index (κ1) is 30.2. The van der Waals surface area contributed by atoms with Crippen molar-refractivity contribution in [2.24, 2.45) is 0 Å². The van der Waals surface area contributed by atoms with Crippen molar-refractivity contribution in [3.63, 3.8) is 0 Å². The monoisotopic (exact) mass is 611 g/mol. The number of sulfonamides is 1. The number of nitrogens with one attached hydrogen (secondary N) is 1. The molecule has 0 spiro atoms. The van der Waals surface area contributed by atoms with Crippen LogP contribution < -0.4 is 9.62 Å². The van der Waals surface area contributed by atoms with E-state index in [2.05, 4.69) is 5.32 Å². The number of carbonyl (C=O) groups excluding carboxylic acids is 1. The van der Waals surface area contributed by atoms with E-state index >= 15 is 0 Å². The summed E-state index contributed by atoms with van der Waals surface area (Å²) in [6, 6.07) is 13.2. The van der Waals surface area contributed by atoms with E-state index in [0.717, 1.165) is 33.8 Å². The van der Waals surface area contributed by atoms with Crippen LogP contribution in [0.15, 0.2) is 66.7 Å². The molecule has 1 aliphatic heterocycles. The van der Waals surface area contributed by atoms with Gasteiger partial charge in [0.2, 0.25) is 15.9 Å². The van der Waals surface area contributed by atoms with Gasteiger partial charge in [-0.25, -0.2) is 17.2 Å². The minimum absolute atomic E-state index is 0.0439. The van der Waals surface area contributed by atoms with E-state index in [1.165, 1.54) is 6.92 Å². The van der Waals surface area contributed by atoms with Gasteiger partial charge in [0.1, 0.15) is 17.7 Å². The SMILES string of the molecule is CC(O)C(C)NC(=O)C1C(N(c2cc(F)cc(F)c2)S(C)(=O)=O)CN1C(c1ccc(Cl)cc1)c1ccc(Cl)cc1. The van der Waals surface area contributed by atoms with E-state index < -0.39 is 57.8 Å². The first-order valence-corrected chi connectivity index (χ1v) is 15.1. The maximum atomic E-state index is 14.2. The Morgan fingerprint density at radius 1 is 0.975 bits per heavy atom. The fraction of sp³-hybridized carbons (Fsp3) is 0.321. The number of halogens is 4. The molecule has 40 heavy (non-hydrogen) atoms. The Morgan fingerprint density at radius 2 is 1.45 bits per heavy atom. The second kappa shape index (κ2) is 12.0. The van der Waals surface area contributed by atoms with Crippen molar-refractivity contribution in [3.8, 4) is 0 Å². The Kier molecular flexibility index (Phi) is 9.06. The molecule has 0 bridgehead atoms. The lowest BCUT2D eigenvalue weighted by atomic mass is 9.86. The quantitative estimate of drug-likeness (QED) is 0.364. The molecule has 0 radical (unpaired) electrons. The van der Waals surface area contributed by atoms with Gasteiger partial charge in [0.05, 0.1) is 36.2 Å². The minimum atomic E-state index is -4.10. The first-order valence-electron chi connectivity index (χ1n) is 12.5. The maximum absolute atomic E-state index is 14.2. The lowest BCUT2D eigenvalue weighted by Gasteiger charge is -2.54. The second-order valence-corrected chi connectivity index (χ2v) is 12.7. The smallest absolute Gasteiger partial charge is 0.239 e. The Hall–Kier alpha value is -2.76. The topological polar surface area (TPSA) is 90.0 Å². The first-order chi connectivity index (χ1) is 18.8. The molecule has 3 aromatic carbocycles. The summed E-state index contributed by atoms with van der Waals surface area (Å²) in [7, 11) is -4.10. The largest absolute Gasteiger partial charge is 0.391 e. The van der Waals surface area contributed by atoms with Crippen LogP contribution in [0.3, 0.4) is 0 Å². The van der Waals surface area contributed by atoms with Crippen molar-refractivity contribution in [1.29, 1.82) is 0 Å². The van der Waals surface area contributed by atoms with Gasteiger partial charge in [-0.2, -0.15) is 0 Å². The number of hydrogen-bond donors (Lipinski definition) is 2. The highest BCUT2D eigenvalue weighted by Crippen LogP contribution is 2.41. The van der Waals surface area contributed by atoms with Crippen LogP contribution >= 0.6 is 23.2 Å². The van der Waals surface area contributed by atoms with Crippen molar-refractivity contribution in [2.45, 2.75) is 44.1 Å². The van der Waals surface area contributed by atoms with Crippen LogP contribution in [0, 0.1) is 11.6 Å². The molecule has 0 saturated carbocycles. The van der Waals surface area contributed by atoms with Gasteiger partial charge >= 0.3 is 0 Å². The Labute approximate surface area is 242 Å². The molecule has 1 aliphatic rings. The van der Waals surface area contributed by atoms with Crippen LogP contribution in [0.5, 0.6) is 0 Å². The number of hydrogen-bond acceptors (Lipinski definition) is 5. The Morgan fingerprint density at radius 3 is 1.88 bits per heavy atom. The third-order valence-electron chi connectivity index (χ3n) is 6.95. The predicted molar refractivity (Wildman–Crippen MR) is 152 cm³/mol. The molecular weight excluding hydrogens is 583 g/mol. The van der Waals surface area contributed by atoms with Crippen molar-refractivity contribution in [1.82, 2.24) is 10.2 Å².